The predicted octanol–water partition coefficient (Wildman–Crippen LogP) is 3.33. The topological polar surface area (TPSA) is 102 Å². The zero-order valence-electron chi connectivity index (χ0n) is 21.8. The average Bonchev–Trinajstić information content (AvgIpc) is 3.57. The van der Waals surface area contributed by atoms with Gasteiger partial charge in [0, 0.05) is 55.6 Å². The molecule has 3 amide bonds. The van der Waals surface area contributed by atoms with E-state index in [1.165, 1.54) is 0 Å². The zero-order chi connectivity index (χ0) is 27.1. The molecule has 1 saturated carbocycles. The Morgan fingerprint density at radius 3 is 2.54 bits per heavy atom. The quantitative estimate of drug-likeness (QED) is 0.527. The van der Waals surface area contributed by atoms with Crippen molar-refractivity contribution >= 4 is 23.5 Å². The van der Waals surface area contributed by atoms with E-state index in [1.54, 1.807) is 17.2 Å². The number of nitrogens with one attached hydrogen (secondary N) is 2. The van der Waals surface area contributed by atoms with Crippen molar-refractivity contribution in [3.63, 3.8) is 0 Å². The number of piperazine rings is 1. The molecule has 2 N–H and O–H groups in total. The fourth-order valence-corrected chi connectivity index (χ4v) is 5.42. The van der Waals surface area contributed by atoms with E-state index in [2.05, 4.69) is 20.2 Å². The second-order valence-corrected chi connectivity index (χ2v) is 10.6. The Kier molecular flexibility index (Phi) is 6.64. The minimum Gasteiger partial charge on any atom is -0.356 e. The first-order chi connectivity index (χ1) is 18.9. The smallest absolute Gasteiger partial charge is 0.320 e. The van der Waals surface area contributed by atoms with Crippen LogP contribution in [-0.4, -0.2) is 88.3 Å². The Hall–Kier alpha value is -4.05. The van der Waals surface area contributed by atoms with E-state index < -0.39 is 12.1 Å². The summed E-state index contributed by atoms with van der Waals surface area (Å²) in [6, 6.07) is 13.3. The zero-order valence-corrected chi connectivity index (χ0v) is 21.8. The van der Waals surface area contributed by atoms with Crippen LogP contribution in [0, 0.1) is 5.92 Å². The second kappa shape index (κ2) is 10.3. The van der Waals surface area contributed by atoms with E-state index >= 15 is 0 Å². The number of hydrogen-bond donors (Lipinski definition) is 2. The molecule has 0 unspecified atom stereocenters. The number of alkyl halides is 1. The molecule has 6 rings (SSSR count). The number of amides is 3. The van der Waals surface area contributed by atoms with E-state index in [-0.39, 0.29) is 30.7 Å². The number of fused-ring (bicyclic) bond motifs is 1. The molecule has 4 heterocycles. The lowest BCUT2D eigenvalue weighted by molar-refractivity contribution is -0.117. The van der Waals surface area contributed by atoms with Crippen molar-refractivity contribution in [2.45, 2.75) is 25.6 Å². The number of urea groups is 1. The average molecular weight is 531 g/mol. The molecule has 3 aromatic rings. The van der Waals surface area contributed by atoms with Crippen molar-refractivity contribution in [3.05, 3.63) is 71.0 Å². The monoisotopic (exact) mass is 530 g/mol. The highest BCUT2D eigenvalue weighted by atomic mass is 19.1. The minimum absolute atomic E-state index is 0.0285. The van der Waals surface area contributed by atoms with Crippen LogP contribution in [0.4, 0.5) is 15.0 Å². The largest absolute Gasteiger partial charge is 0.356 e. The number of ketones is 1. The van der Waals surface area contributed by atoms with Crippen LogP contribution >= 0.6 is 0 Å². The maximum atomic E-state index is 13.6. The van der Waals surface area contributed by atoms with Gasteiger partial charge in [0.15, 0.2) is 5.78 Å². The molecule has 2 aromatic heterocycles. The fourth-order valence-electron chi connectivity index (χ4n) is 5.42. The Labute approximate surface area is 226 Å². The number of carbonyl (C=O) groups excluding carboxylic acids is 3. The summed E-state index contributed by atoms with van der Waals surface area (Å²) < 4.78 is 13.4. The van der Waals surface area contributed by atoms with Gasteiger partial charge in [0.2, 0.25) is 5.91 Å². The minimum atomic E-state index is -1.09. The summed E-state index contributed by atoms with van der Waals surface area (Å²) in [6.45, 7) is 3.22. The Bertz CT molecular complexity index is 1420. The van der Waals surface area contributed by atoms with Crippen LogP contribution in [0.1, 0.15) is 33.6 Å². The first-order valence-corrected chi connectivity index (χ1v) is 13.3. The van der Waals surface area contributed by atoms with Gasteiger partial charge in [-0.2, -0.15) is 0 Å². The molecule has 3 aliphatic rings. The standard InChI is InChI=1S/C29H31FN6O3/c1-34-9-11-35(12-10-34)29(39)36-16-23-26(24(37)17-36)21(13-18-5-3-2-4-6-18)27(32-23)19-7-8-31-25(14-19)33-28(38)20-15-22(20)30/h2-8,14,20,22,32H,9-13,15-17H2,1H3,(H,31,33,38)/t20-,22+/m1/s1. The van der Waals surface area contributed by atoms with Crippen LogP contribution in [0.15, 0.2) is 48.7 Å². The summed E-state index contributed by atoms with van der Waals surface area (Å²) in [5.74, 6) is -0.774. The van der Waals surface area contributed by atoms with Gasteiger partial charge in [0.25, 0.3) is 0 Å². The summed E-state index contributed by atoms with van der Waals surface area (Å²) >= 11 is 0. The van der Waals surface area contributed by atoms with E-state index in [1.807, 2.05) is 48.3 Å². The molecular weight excluding hydrogens is 499 g/mol. The van der Waals surface area contributed by atoms with Crippen molar-refractivity contribution in [3.8, 4) is 11.3 Å². The summed E-state index contributed by atoms with van der Waals surface area (Å²) in [5, 5.41) is 2.71. The molecule has 202 valence electrons. The van der Waals surface area contributed by atoms with Gasteiger partial charge in [0.05, 0.1) is 24.7 Å². The Balaban J connectivity index is 1.33. The number of nitrogens with zero attached hydrogens (tertiary/aromatic N) is 4. The van der Waals surface area contributed by atoms with Crippen molar-refractivity contribution in [2.24, 2.45) is 5.92 Å². The normalized spacial score (nSPS) is 21.0. The van der Waals surface area contributed by atoms with Gasteiger partial charge in [-0.15, -0.1) is 0 Å². The lowest BCUT2D eigenvalue weighted by Crippen LogP contribution is -2.53. The van der Waals surface area contributed by atoms with Gasteiger partial charge < -0.3 is 25.0 Å². The van der Waals surface area contributed by atoms with Gasteiger partial charge >= 0.3 is 6.03 Å². The number of H-pyrrole nitrogens is 1. The summed E-state index contributed by atoms with van der Waals surface area (Å²) in [4.78, 5) is 52.5. The molecule has 2 fully saturated rings. The Morgan fingerprint density at radius 2 is 1.82 bits per heavy atom. The second-order valence-electron chi connectivity index (χ2n) is 10.6. The third-order valence-corrected chi connectivity index (χ3v) is 7.76. The molecule has 39 heavy (non-hydrogen) atoms. The molecule has 1 aromatic carbocycles. The number of carbonyl (C=O) groups is 3. The molecule has 1 aliphatic carbocycles. The van der Waals surface area contributed by atoms with E-state index in [9.17, 15) is 18.8 Å². The van der Waals surface area contributed by atoms with Crippen molar-refractivity contribution < 1.29 is 18.8 Å². The number of aromatic nitrogens is 2. The SMILES string of the molecule is CN1CCN(C(=O)N2CC(=O)c3c([nH]c(-c4ccnc(NC(=O)[C@@H]5C[C@@H]5F)c4)c3Cc3ccccc3)C2)CC1. The molecule has 10 heteroatoms. The van der Waals surface area contributed by atoms with E-state index in [4.69, 9.17) is 0 Å². The molecule has 9 nitrogen and oxygen atoms in total. The van der Waals surface area contributed by atoms with Gasteiger partial charge in [-0.1, -0.05) is 30.3 Å². The maximum absolute atomic E-state index is 13.6. The highest BCUT2D eigenvalue weighted by molar-refractivity contribution is 6.04. The number of likely N-dealkylation sites (N-methyl/N-ethyl adjacent to an activating group) is 1. The molecule has 0 spiro atoms. The molecule has 0 radical (unpaired) electrons. The molecule has 2 atom stereocenters. The number of rotatable bonds is 5. The number of halogens is 1. The molecule has 0 bridgehead atoms. The van der Waals surface area contributed by atoms with E-state index in [0.29, 0.717) is 43.1 Å². The highest BCUT2D eigenvalue weighted by Crippen LogP contribution is 2.36. The number of pyridine rings is 1. The summed E-state index contributed by atoms with van der Waals surface area (Å²) in [6.07, 6.45) is 1.25. The number of hydrogen-bond acceptors (Lipinski definition) is 5. The number of benzene rings is 1. The fraction of sp³-hybridized carbons (Fsp3) is 0.379. The van der Waals surface area contributed by atoms with E-state index in [0.717, 1.165) is 35.5 Å². The van der Waals surface area contributed by atoms with Crippen LogP contribution in [0.25, 0.3) is 11.3 Å². The van der Waals surface area contributed by atoms with Crippen LogP contribution in [0.3, 0.4) is 0 Å². The highest BCUT2D eigenvalue weighted by Gasteiger charge is 2.43. The van der Waals surface area contributed by atoms with Crippen molar-refractivity contribution in [1.82, 2.24) is 24.7 Å². The van der Waals surface area contributed by atoms with Crippen molar-refractivity contribution in [2.75, 3.05) is 45.1 Å². The van der Waals surface area contributed by atoms with Crippen LogP contribution in [0.5, 0.6) is 0 Å². The third-order valence-electron chi connectivity index (χ3n) is 7.76. The van der Waals surface area contributed by atoms with Gasteiger partial charge in [-0.3, -0.25) is 9.59 Å². The maximum Gasteiger partial charge on any atom is 0.320 e. The first kappa shape index (κ1) is 25.2. The molecule has 1 saturated heterocycles. The first-order valence-electron chi connectivity index (χ1n) is 13.3. The number of anilines is 1. The van der Waals surface area contributed by atoms with Crippen LogP contribution in [-0.2, 0) is 17.8 Å². The van der Waals surface area contributed by atoms with Gasteiger partial charge in [-0.25, -0.2) is 14.2 Å². The summed E-state index contributed by atoms with van der Waals surface area (Å²) in [7, 11) is 2.03. The van der Waals surface area contributed by atoms with Crippen LogP contribution < -0.4 is 5.32 Å². The molecule has 2 aliphatic heterocycles. The lowest BCUT2D eigenvalue weighted by atomic mass is 9.93. The van der Waals surface area contributed by atoms with Crippen LogP contribution in [0.2, 0.25) is 0 Å². The Morgan fingerprint density at radius 1 is 1.08 bits per heavy atom. The van der Waals surface area contributed by atoms with Gasteiger partial charge in [-0.05, 0) is 36.7 Å². The summed E-state index contributed by atoms with van der Waals surface area (Å²) in [5.41, 5.74) is 4.72. The predicted molar refractivity (Wildman–Crippen MR) is 144 cm³/mol. The molecular formula is C29H31FN6O3. The number of aromatic amines is 1. The number of Topliss-reactive ketones (excluding diaryl/α,β-unsaturated/α-hetero) is 1. The van der Waals surface area contributed by atoms with Crippen molar-refractivity contribution in [1.29, 1.82) is 0 Å². The third kappa shape index (κ3) is 5.16. The lowest BCUT2D eigenvalue weighted by Gasteiger charge is -2.37. The van der Waals surface area contributed by atoms with Gasteiger partial charge in [0.1, 0.15) is 12.0 Å².